The molecule has 110 valence electrons. The number of aryl methyl sites for hydroxylation is 1. The highest BCUT2D eigenvalue weighted by atomic mass is 19.1. The first kappa shape index (κ1) is 14.9. The summed E-state index contributed by atoms with van der Waals surface area (Å²) < 4.78 is 27.5. The number of carbonyl (C=O) groups excluding carboxylic acids is 1. The normalized spacial score (nSPS) is 17.2. The number of benzene rings is 1. The Labute approximate surface area is 117 Å². The number of hydrogen-bond acceptors (Lipinski definition) is 2. The van der Waals surface area contributed by atoms with Crippen molar-refractivity contribution in [3.05, 3.63) is 34.9 Å². The molecule has 3 N–H and O–H groups in total. The van der Waals surface area contributed by atoms with Crippen molar-refractivity contribution in [3.8, 4) is 0 Å². The van der Waals surface area contributed by atoms with Gasteiger partial charge in [0, 0.05) is 6.54 Å². The molecule has 1 saturated carbocycles. The second-order valence-electron chi connectivity index (χ2n) is 5.65. The molecule has 20 heavy (non-hydrogen) atoms. The predicted molar refractivity (Wildman–Crippen MR) is 73.4 cm³/mol. The van der Waals surface area contributed by atoms with Gasteiger partial charge < -0.3 is 11.1 Å². The quantitative estimate of drug-likeness (QED) is 0.891. The minimum absolute atomic E-state index is 0.119. The van der Waals surface area contributed by atoms with Gasteiger partial charge in [0.2, 0.25) is 0 Å². The van der Waals surface area contributed by atoms with Crippen molar-refractivity contribution in [2.24, 2.45) is 11.1 Å². The predicted octanol–water partition coefficient (Wildman–Crippen LogP) is 2.52. The van der Waals surface area contributed by atoms with Gasteiger partial charge in [-0.25, -0.2) is 8.78 Å². The third-order valence-corrected chi connectivity index (χ3v) is 4.23. The maximum Gasteiger partial charge on any atom is 0.257 e. The lowest BCUT2D eigenvalue weighted by Crippen LogP contribution is -2.41. The van der Waals surface area contributed by atoms with Crippen molar-refractivity contribution in [2.45, 2.75) is 32.6 Å². The van der Waals surface area contributed by atoms with Crippen LogP contribution in [0, 0.1) is 24.0 Å². The van der Waals surface area contributed by atoms with Crippen molar-refractivity contribution < 1.29 is 13.6 Å². The van der Waals surface area contributed by atoms with Gasteiger partial charge in [0.15, 0.2) is 0 Å². The van der Waals surface area contributed by atoms with Gasteiger partial charge in [-0.2, -0.15) is 0 Å². The van der Waals surface area contributed by atoms with Crippen LogP contribution < -0.4 is 11.1 Å². The van der Waals surface area contributed by atoms with Crippen LogP contribution in [0.4, 0.5) is 8.78 Å². The summed E-state index contributed by atoms with van der Waals surface area (Å²) in [5.74, 6) is -2.34. The molecule has 0 saturated heterocycles. The first-order valence-electron chi connectivity index (χ1n) is 6.92. The van der Waals surface area contributed by atoms with E-state index in [1.54, 1.807) is 0 Å². The number of nitrogens with two attached hydrogens (primary N) is 1. The van der Waals surface area contributed by atoms with Gasteiger partial charge in [-0.05, 0) is 43.4 Å². The van der Waals surface area contributed by atoms with E-state index in [4.69, 9.17) is 5.73 Å². The molecule has 5 heteroatoms. The second kappa shape index (κ2) is 5.87. The highest BCUT2D eigenvalue weighted by Crippen LogP contribution is 2.36. The van der Waals surface area contributed by atoms with Gasteiger partial charge >= 0.3 is 0 Å². The van der Waals surface area contributed by atoms with E-state index in [9.17, 15) is 13.6 Å². The van der Waals surface area contributed by atoms with Gasteiger partial charge in [-0.3, -0.25) is 4.79 Å². The van der Waals surface area contributed by atoms with Crippen molar-refractivity contribution in [1.29, 1.82) is 0 Å². The van der Waals surface area contributed by atoms with E-state index in [0.717, 1.165) is 31.7 Å². The number of hydrogen-bond donors (Lipinski definition) is 2. The average Bonchev–Trinajstić information content (AvgIpc) is 2.91. The summed E-state index contributed by atoms with van der Waals surface area (Å²) in [6.45, 7) is 2.35. The van der Waals surface area contributed by atoms with Crippen molar-refractivity contribution in [1.82, 2.24) is 5.32 Å². The molecule has 0 bridgehead atoms. The fraction of sp³-hybridized carbons (Fsp3) is 0.533. The van der Waals surface area contributed by atoms with E-state index < -0.39 is 23.1 Å². The lowest BCUT2D eigenvalue weighted by Gasteiger charge is -2.27. The SMILES string of the molecule is Cc1ccc(F)c(C(=O)NCC2(CN)CCCC2)c1F. The fourth-order valence-electron chi connectivity index (χ4n) is 2.80. The van der Waals surface area contributed by atoms with Crippen LogP contribution in [0.15, 0.2) is 12.1 Å². The summed E-state index contributed by atoms with van der Waals surface area (Å²) in [7, 11) is 0. The largest absolute Gasteiger partial charge is 0.351 e. The van der Waals surface area contributed by atoms with E-state index in [-0.39, 0.29) is 11.0 Å². The zero-order valence-electron chi connectivity index (χ0n) is 11.6. The highest BCUT2D eigenvalue weighted by molar-refractivity contribution is 5.95. The maximum atomic E-state index is 13.9. The van der Waals surface area contributed by atoms with E-state index in [2.05, 4.69) is 5.32 Å². The average molecular weight is 282 g/mol. The molecule has 0 spiro atoms. The van der Waals surface area contributed by atoms with E-state index in [1.807, 2.05) is 0 Å². The molecule has 1 amide bonds. The van der Waals surface area contributed by atoms with Crippen molar-refractivity contribution >= 4 is 5.91 Å². The molecule has 0 atom stereocenters. The van der Waals surface area contributed by atoms with Gasteiger partial charge in [0.05, 0.1) is 0 Å². The molecule has 3 nitrogen and oxygen atoms in total. The minimum atomic E-state index is -0.834. The minimum Gasteiger partial charge on any atom is -0.351 e. The van der Waals surface area contributed by atoms with E-state index >= 15 is 0 Å². The molecule has 2 rings (SSSR count). The Kier molecular flexibility index (Phi) is 4.38. The molecule has 0 radical (unpaired) electrons. The summed E-state index contributed by atoms with van der Waals surface area (Å²) >= 11 is 0. The third kappa shape index (κ3) is 2.82. The Morgan fingerprint density at radius 1 is 1.35 bits per heavy atom. The summed E-state index contributed by atoms with van der Waals surface area (Å²) in [5, 5.41) is 2.64. The monoisotopic (exact) mass is 282 g/mol. The number of nitrogens with one attached hydrogen (secondary N) is 1. The molecule has 1 aromatic carbocycles. The zero-order chi connectivity index (χ0) is 14.8. The zero-order valence-corrected chi connectivity index (χ0v) is 11.6. The molecule has 0 unspecified atom stereocenters. The first-order valence-corrected chi connectivity index (χ1v) is 6.92. The van der Waals surface area contributed by atoms with E-state index in [0.29, 0.717) is 13.1 Å². The van der Waals surface area contributed by atoms with Gasteiger partial charge in [0.25, 0.3) is 5.91 Å². The van der Waals surface area contributed by atoms with Crippen LogP contribution in [0.2, 0.25) is 0 Å². The highest BCUT2D eigenvalue weighted by Gasteiger charge is 2.33. The third-order valence-electron chi connectivity index (χ3n) is 4.23. The van der Waals surface area contributed by atoms with Crippen LogP contribution in [0.5, 0.6) is 0 Å². The lowest BCUT2D eigenvalue weighted by atomic mass is 9.86. The molecular weight excluding hydrogens is 262 g/mol. The van der Waals surface area contributed by atoms with Gasteiger partial charge in [-0.15, -0.1) is 0 Å². The van der Waals surface area contributed by atoms with Crippen LogP contribution in [-0.4, -0.2) is 19.0 Å². The maximum absolute atomic E-state index is 13.9. The number of amides is 1. The first-order chi connectivity index (χ1) is 9.49. The molecular formula is C15H20F2N2O. The fourth-order valence-corrected chi connectivity index (χ4v) is 2.80. The Balaban J connectivity index is 2.11. The Morgan fingerprint density at radius 2 is 2.00 bits per heavy atom. The van der Waals surface area contributed by atoms with Gasteiger partial charge in [-0.1, -0.05) is 18.9 Å². The van der Waals surface area contributed by atoms with Gasteiger partial charge in [0.1, 0.15) is 17.2 Å². The molecule has 0 heterocycles. The second-order valence-corrected chi connectivity index (χ2v) is 5.65. The summed E-state index contributed by atoms with van der Waals surface area (Å²) in [6.07, 6.45) is 4.06. The van der Waals surface area contributed by atoms with Crippen LogP contribution in [0.3, 0.4) is 0 Å². The smallest absolute Gasteiger partial charge is 0.257 e. The van der Waals surface area contributed by atoms with Crippen LogP contribution >= 0.6 is 0 Å². The summed E-state index contributed by atoms with van der Waals surface area (Å²) in [6, 6.07) is 2.43. The van der Waals surface area contributed by atoms with Crippen molar-refractivity contribution in [3.63, 3.8) is 0 Å². The number of carbonyl (C=O) groups is 1. The molecule has 1 aliphatic rings. The number of halogens is 2. The van der Waals surface area contributed by atoms with E-state index in [1.165, 1.54) is 13.0 Å². The van der Waals surface area contributed by atoms with Crippen LogP contribution in [0.25, 0.3) is 0 Å². The molecule has 1 aromatic rings. The van der Waals surface area contributed by atoms with Crippen LogP contribution in [0.1, 0.15) is 41.6 Å². The molecule has 0 aromatic heterocycles. The van der Waals surface area contributed by atoms with Crippen molar-refractivity contribution in [2.75, 3.05) is 13.1 Å². The Hall–Kier alpha value is -1.49. The standard InChI is InChI=1S/C15H20F2N2O/c1-10-4-5-11(16)12(13(10)17)14(20)19-9-15(8-18)6-2-3-7-15/h4-5H,2-3,6-9,18H2,1H3,(H,19,20). The number of rotatable bonds is 4. The summed E-state index contributed by atoms with van der Waals surface area (Å²) in [5.41, 5.74) is 5.41. The molecule has 1 fully saturated rings. The summed E-state index contributed by atoms with van der Waals surface area (Å²) in [4.78, 5) is 12.0. The topological polar surface area (TPSA) is 55.1 Å². The van der Waals surface area contributed by atoms with Crippen LogP contribution in [-0.2, 0) is 0 Å². The molecule has 0 aliphatic heterocycles. The Bertz CT molecular complexity index is 511. The Morgan fingerprint density at radius 3 is 2.60 bits per heavy atom. The lowest BCUT2D eigenvalue weighted by molar-refractivity contribution is 0.0923. The molecule has 1 aliphatic carbocycles.